The summed E-state index contributed by atoms with van der Waals surface area (Å²) in [6.45, 7) is 1.19. The number of para-hydroxylation sites is 1. The molecule has 0 saturated heterocycles. The van der Waals surface area contributed by atoms with E-state index in [0.717, 1.165) is 7.11 Å². The molecular weight excluding hydrogens is 270 g/mol. The summed E-state index contributed by atoms with van der Waals surface area (Å²) in [5.74, 6) is -1.59. The molecule has 20 heavy (non-hydrogen) atoms. The van der Waals surface area contributed by atoms with Crippen molar-refractivity contribution in [2.45, 2.75) is 13.2 Å². The molecule has 8 nitrogen and oxygen atoms in total. The molecule has 0 heterocycles. The summed E-state index contributed by atoms with van der Waals surface area (Å²) in [7, 11) is 2.31. The Kier molecular flexibility index (Phi) is 5.15. The predicted octanol–water partition coefficient (Wildman–Crippen LogP) is 1.32. The van der Waals surface area contributed by atoms with Crippen LogP contribution in [0.15, 0.2) is 18.2 Å². The zero-order chi connectivity index (χ0) is 15.3. The Hall–Kier alpha value is -2.48. The van der Waals surface area contributed by atoms with E-state index >= 15 is 0 Å². The lowest BCUT2D eigenvalue weighted by atomic mass is 10.1. The number of ether oxygens (including phenoxy) is 3. The van der Waals surface area contributed by atoms with Crippen LogP contribution in [0.3, 0.4) is 0 Å². The fourth-order valence-corrected chi connectivity index (χ4v) is 1.49. The van der Waals surface area contributed by atoms with Crippen LogP contribution in [0.4, 0.5) is 5.69 Å². The summed E-state index contributed by atoms with van der Waals surface area (Å²) < 4.78 is 14.3. The van der Waals surface area contributed by atoms with E-state index in [2.05, 4.69) is 4.74 Å². The van der Waals surface area contributed by atoms with Gasteiger partial charge in [-0.3, -0.25) is 14.9 Å². The summed E-state index contributed by atoms with van der Waals surface area (Å²) in [5.41, 5.74) is -0.641. The number of rotatable bonds is 6. The van der Waals surface area contributed by atoms with Gasteiger partial charge in [-0.2, -0.15) is 0 Å². The zero-order valence-electron chi connectivity index (χ0n) is 11.1. The first-order valence-electron chi connectivity index (χ1n) is 5.48. The molecule has 1 unspecified atom stereocenters. The van der Waals surface area contributed by atoms with Gasteiger partial charge in [0.1, 0.15) is 0 Å². The first-order valence-corrected chi connectivity index (χ1v) is 5.48. The first-order chi connectivity index (χ1) is 9.42. The van der Waals surface area contributed by atoms with Crippen molar-refractivity contribution in [3.8, 4) is 5.75 Å². The Morgan fingerprint density at radius 2 is 1.95 bits per heavy atom. The number of nitrogens with zero attached hydrogens (tertiary/aromatic N) is 1. The summed E-state index contributed by atoms with van der Waals surface area (Å²) in [6, 6.07) is 3.97. The number of carbonyl (C=O) groups is 2. The van der Waals surface area contributed by atoms with Gasteiger partial charge in [-0.25, -0.2) is 4.79 Å². The molecule has 0 bridgehead atoms. The number of hydrogen-bond acceptors (Lipinski definition) is 7. The maximum absolute atomic E-state index is 11.4. The molecule has 0 radical (unpaired) electrons. The second-order valence-corrected chi connectivity index (χ2v) is 3.67. The Bertz CT molecular complexity index is 541. The van der Waals surface area contributed by atoms with Crippen LogP contribution in [0.1, 0.15) is 17.3 Å². The SMILES string of the molecule is COC(=O)C(OC)Oc1cccc(C(C)=O)c1[N+](=O)[O-]. The van der Waals surface area contributed by atoms with Crippen LogP contribution < -0.4 is 4.74 Å². The van der Waals surface area contributed by atoms with E-state index in [0.29, 0.717) is 0 Å². The van der Waals surface area contributed by atoms with E-state index in [1.54, 1.807) is 0 Å². The lowest BCUT2D eigenvalue weighted by Crippen LogP contribution is -2.30. The van der Waals surface area contributed by atoms with Crippen molar-refractivity contribution in [2.75, 3.05) is 14.2 Å². The van der Waals surface area contributed by atoms with Gasteiger partial charge in [0, 0.05) is 7.11 Å². The molecule has 108 valence electrons. The Balaban J connectivity index is 3.24. The first kappa shape index (κ1) is 15.6. The van der Waals surface area contributed by atoms with Crippen LogP contribution in [0, 0.1) is 10.1 Å². The molecule has 8 heteroatoms. The van der Waals surface area contributed by atoms with Crippen LogP contribution in [0.5, 0.6) is 5.75 Å². The molecule has 0 spiro atoms. The van der Waals surface area contributed by atoms with Crippen LogP contribution in [0.25, 0.3) is 0 Å². The van der Waals surface area contributed by atoms with E-state index in [1.807, 2.05) is 0 Å². The van der Waals surface area contributed by atoms with Gasteiger partial charge < -0.3 is 14.2 Å². The van der Waals surface area contributed by atoms with Crippen molar-refractivity contribution in [1.82, 2.24) is 0 Å². The monoisotopic (exact) mass is 283 g/mol. The second kappa shape index (κ2) is 6.62. The van der Waals surface area contributed by atoms with E-state index in [1.165, 1.54) is 32.2 Å². The maximum Gasteiger partial charge on any atom is 0.376 e. The Morgan fingerprint density at radius 3 is 2.40 bits per heavy atom. The number of ketones is 1. The summed E-state index contributed by atoms with van der Waals surface area (Å²) in [4.78, 5) is 33.0. The van der Waals surface area contributed by atoms with Gasteiger partial charge in [0.05, 0.1) is 17.6 Å². The quantitative estimate of drug-likeness (QED) is 0.255. The number of nitro groups is 1. The van der Waals surface area contributed by atoms with Crippen molar-refractivity contribution in [1.29, 1.82) is 0 Å². The van der Waals surface area contributed by atoms with E-state index in [9.17, 15) is 19.7 Å². The van der Waals surface area contributed by atoms with Gasteiger partial charge in [0.15, 0.2) is 5.78 Å². The molecule has 0 amide bonds. The minimum atomic E-state index is -1.46. The van der Waals surface area contributed by atoms with Crippen LogP contribution >= 0.6 is 0 Å². The number of esters is 1. The average Bonchev–Trinajstić information content (AvgIpc) is 2.43. The van der Waals surface area contributed by atoms with Crippen molar-refractivity contribution in [2.24, 2.45) is 0 Å². The minimum Gasteiger partial charge on any atom is -0.464 e. The Labute approximate surface area is 114 Å². The highest BCUT2D eigenvalue weighted by Gasteiger charge is 2.28. The third kappa shape index (κ3) is 3.29. The van der Waals surface area contributed by atoms with E-state index in [-0.39, 0.29) is 11.3 Å². The highest BCUT2D eigenvalue weighted by Crippen LogP contribution is 2.32. The molecule has 1 aromatic carbocycles. The van der Waals surface area contributed by atoms with Crippen LogP contribution in [-0.4, -0.2) is 37.2 Å². The molecule has 1 aromatic rings. The topological polar surface area (TPSA) is 105 Å². The highest BCUT2D eigenvalue weighted by atomic mass is 16.7. The number of methoxy groups -OCH3 is 2. The number of benzene rings is 1. The lowest BCUT2D eigenvalue weighted by molar-refractivity contribution is -0.386. The fourth-order valence-electron chi connectivity index (χ4n) is 1.49. The number of nitro benzene ring substituents is 1. The van der Waals surface area contributed by atoms with Gasteiger partial charge in [-0.15, -0.1) is 0 Å². The maximum atomic E-state index is 11.4. The molecule has 0 aliphatic rings. The molecule has 0 saturated carbocycles. The number of carbonyl (C=O) groups excluding carboxylic acids is 2. The molecule has 0 aliphatic carbocycles. The second-order valence-electron chi connectivity index (χ2n) is 3.67. The third-order valence-corrected chi connectivity index (χ3v) is 2.40. The van der Waals surface area contributed by atoms with Crippen LogP contribution in [-0.2, 0) is 14.3 Å². The predicted molar refractivity (Wildman–Crippen MR) is 66.5 cm³/mol. The molecule has 1 atom stereocenters. The van der Waals surface area contributed by atoms with Gasteiger partial charge in [0.25, 0.3) is 6.29 Å². The zero-order valence-corrected chi connectivity index (χ0v) is 11.1. The van der Waals surface area contributed by atoms with Gasteiger partial charge in [-0.05, 0) is 19.1 Å². The largest absolute Gasteiger partial charge is 0.464 e. The summed E-state index contributed by atoms with van der Waals surface area (Å²) >= 11 is 0. The van der Waals surface area contributed by atoms with E-state index in [4.69, 9.17) is 9.47 Å². The number of hydrogen-bond donors (Lipinski definition) is 0. The van der Waals surface area contributed by atoms with Gasteiger partial charge >= 0.3 is 11.7 Å². The van der Waals surface area contributed by atoms with Crippen molar-refractivity contribution in [3.05, 3.63) is 33.9 Å². The normalized spacial score (nSPS) is 11.6. The van der Waals surface area contributed by atoms with Crippen molar-refractivity contribution >= 4 is 17.4 Å². The molecule has 0 aliphatic heterocycles. The van der Waals surface area contributed by atoms with Gasteiger partial charge in [-0.1, -0.05) is 6.07 Å². The van der Waals surface area contributed by atoms with E-state index < -0.39 is 28.7 Å². The van der Waals surface area contributed by atoms with Crippen molar-refractivity contribution < 1.29 is 28.7 Å². The third-order valence-electron chi connectivity index (χ3n) is 2.40. The molecular formula is C12H13NO7. The Morgan fingerprint density at radius 1 is 1.30 bits per heavy atom. The lowest BCUT2D eigenvalue weighted by Gasteiger charge is -2.15. The average molecular weight is 283 g/mol. The molecule has 0 N–H and O–H groups in total. The molecule has 0 aromatic heterocycles. The molecule has 1 rings (SSSR count). The fraction of sp³-hybridized carbons (Fsp3) is 0.333. The van der Waals surface area contributed by atoms with Crippen molar-refractivity contribution in [3.63, 3.8) is 0 Å². The summed E-state index contributed by atoms with van der Waals surface area (Å²) in [6.07, 6.45) is -1.46. The standard InChI is InChI=1S/C12H13NO7/c1-7(14)8-5-4-6-9(10(8)13(16)17)20-12(19-3)11(15)18-2/h4-6,12H,1-3H3. The summed E-state index contributed by atoms with van der Waals surface area (Å²) in [5, 5.41) is 11.1. The minimum absolute atomic E-state index is 0.118. The van der Waals surface area contributed by atoms with Gasteiger partial charge in [0.2, 0.25) is 5.75 Å². The molecule has 0 fully saturated rings. The number of Topliss-reactive ketones (excluding diaryl/α,β-unsaturated/α-hetero) is 1. The highest BCUT2D eigenvalue weighted by molar-refractivity contribution is 5.99. The van der Waals surface area contributed by atoms with Crippen LogP contribution in [0.2, 0.25) is 0 Å². The smallest absolute Gasteiger partial charge is 0.376 e.